The third-order valence-electron chi connectivity index (χ3n) is 5.95. The van der Waals surface area contributed by atoms with Gasteiger partial charge in [-0.25, -0.2) is 9.59 Å². The molecule has 7 heteroatoms. The van der Waals surface area contributed by atoms with Gasteiger partial charge in [0.15, 0.2) is 6.54 Å². The predicted molar refractivity (Wildman–Crippen MR) is 103 cm³/mol. The lowest BCUT2D eigenvalue weighted by Gasteiger charge is -2.40. The number of carbonyl (C=O) groups excluding carboxylic acids is 3. The van der Waals surface area contributed by atoms with Gasteiger partial charge in [0.2, 0.25) is 0 Å². The molecule has 1 saturated carbocycles. The van der Waals surface area contributed by atoms with Crippen LogP contribution in [0.25, 0.3) is 0 Å². The Labute approximate surface area is 165 Å². The molecule has 2 N–H and O–H groups in total. The number of anilines is 1. The topological polar surface area (TPSA) is 86.1 Å². The van der Waals surface area contributed by atoms with Crippen molar-refractivity contribution in [3.63, 3.8) is 0 Å². The second-order valence-electron chi connectivity index (χ2n) is 7.71. The van der Waals surface area contributed by atoms with E-state index < -0.39 is 11.9 Å². The summed E-state index contributed by atoms with van der Waals surface area (Å²) in [6, 6.07) is 5.01. The molecule has 152 valence electrons. The minimum Gasteiger partial charge on any atom is -0.465 e. The number of fused-ring (bicyclic) bond motifs is 1. The number of likely N-dealkylation sites (tertiary alicyclic amines) is 1. The average Bonchev–Trinajstić information content (AvgIpc) is 2.72. The number of hydrogen-bond acceptors (Lipinski definition) is 5. The number of ether oxygens (including phenoxy) is 2. The maximum absolute atomic E-state index is 12.7. The number of hydrogen-bond donors (Lipinski definition) is 2. The van der Waals surface area contributed by atoms with Gasteiger partial charge in [-0.1, -0.05) is 6.42 Å². The summed E-state index contributed by atoms with van der Waals surface area (Å²) in [5.41, 5.74) is 0.779. The first-order valence-corrected chi connectivity index (χ1v) is 9.98. The van der Waals surface area contributed by atoms with Gasteiger partial charge in [-0.3, -0.25) is 4.79 Å². The van der Waals surface area contributed by atoms with Crippen molar-refractivity contribution in [2.75, 3.05) is 32.6 Å². The van der Waals surface area contributed by atoms with Gasteiger partial charge in [0.1, 0.15) is 0 Å². The minimum atomic E-state index is -0.576. The van der Waals surface area contributed by atoms with Crippen molar-refractivity contribution in [2.45, 2.75) is 44.6 Å². The number of methoxy groups -OCH3 is 2. The van der Waals surface area contributed by atoms with Crippen LogP contribution in [-0.4, -0.2) is 51.2 Å². The summed E-state index contributed by atoms with van der Waals surface area (Å²) in [7, 11) is 2.54. The van der Waals surface area contributed by atoms with E-state index in [2.05, 4.69) is 5.32 Å². The van der Waals surface area contributed by atoms with Crippen LogP contribution in [-0.2, 0) is 14.3 Å². The maximum atomic E-state index is 12.7. The second-order valence-corrected chi connectivity index (χ2v) is 7.71. The van der Waals surface area contributed by atoms with Crippen LogP contribution in [0, 0.1) is 5.92 Å². The number of nitrogens with one attached hydrogen (secondary N) is 2. The third-order valence-corrected chi connectivity index (χ3v) is 5.95. The molecule has 1 amide bonds. The van der Waals surface area contributed by atoms with Gasteiger partial charge >= 0.3 is 11.9 Å². The molecular formula is C21H29N2O5+. The van der Waals surface area contributed by atoms with Crippen LogP contribution in [0.3, 0.4) is 0 Å². The molecule has 0 bridgehead atoms. The number of piperidine rings is 1. The van der Waals surface area contributed by atoms with Crippen LogP contribution in [0.1, 0.15) is 59.2 Å². The molecule has 1 unspecified atom stereocenters. The van der Waals surface area contributed by atoms with E-state index in [4.69, 9.17) is 9.47 Å². The lowest BCUT2D eigenvalue weighted by molar-refractivity contribution is -0.928. The minimum absolute atomic E-state index is 0.112. The van der Waals surface area contributed by atoms with Crippen LogP contribution < -0.4 is 10.2 Å². The number of benzene rings is 1. The molecule has 3 rings (SSSR count). The fourth-order valence-corrected chi connectivity index (χ4v) is 4.67. The van der Waals surface area contributed by atoms with Gasteiger partial charge in [0.05, 0.1) is 37.9 Å². The molecule has 1 aromatic rings. The fraction of sp³-hybridized carbons (Fsp3) is 0.571. The SMILES string of the molecule is COC(=O)c1cc(NC(=O)C[NH+]2CCC[C@H]3CCCC[C@@H]32)cc(C(=O)OC)c1. The lowest BCUT2D eigenvalue weighted by atomic mass is 9.78. The Morgan fingerprint density at radius 3 is 2.21 bits per heavy atom. The first-order chi connectivity index (χ1) is 13.5. The average molecular weight is 389 g/mol. The molecule has 3 atom stereocenters. The highest BCUT2D eigenvalue weighted by Gasteiger charge is 2.37. The quantitative estimate of drug-likeness (QED) is 0.744. The summed E-state index contributed by atoms with van der Waals surface area (Å²) in [6.45, 7) is 1.42. The molecule has 2 fully saturated rings. The molecule has 7 nitrogen and oxygen atoms in total. The molecule has 1 heterocycles. The third kappa shape index (κ3) is 4.70. The van der Waals surface area contributed by atoms with Crippen molar-refractivity contribution in [3.05, 3.63) is 29.3 Å². The summed E-state index contributed by atoms with van der Waals surface area (Å²) in [6.07, 6.45) is 7.46. The van der Waals surface area contributed by atoms with Crippen molar-refractivity contribution in [1.29, 1.82) is 0 Å². The highest BCUT2D eigenvalue weighted by atomic mass is 16.5. The second kappa shape index (κ2) is 9.19. The zero-order valence-corrected chi connectivity index (χ0v) is 16.6. The molecule has 0 aromatic heterocycles. The van der Waals surface area contributed by atoms with E-state index >= 15 is 0 Å². The maximum Gasteiger partial charge on any atom is 0.337 e. The van der Waals surface area contributed by atoms with Crippen molar-refractivity contribution in [1.82, 2.24) is 0 Å². The number of rotatable bonds is 5. The van der Waals surface area contributed by atoms with Crippen LogP contribution in [0.2, 0.25) is 0 Å². The molecule has 1 saturated heterocycles. The standard InChI is InChI=1S/C21H28N2O5/c1-27-20(25)15-10-16(21(26)28-2)12-17(11-15)22-19(24)13-23-9-5-7-14-6-3-4-8-18(14)23/h10-12,14,18H,3-9,13H2,1-2H3,(H,22,24)/p+1/t14-,18+/m1/s1. The molecule has 1 aromatic carbocycles. The molecule has 0 radical (unpaired) electrons. The highest BCUT2D eigenvalue weighted by Crippen LogP contribution is 2.28. The van der Waals surface area contributed by atoms with Gasteiger partial charge in [-0.05, 0) is 50.3 Å². The van der Waals surface area contributed by atoms with Gasteiger partial charge in [0, 0.05) is 11.6 Å². The van der Waals surface area contributed by atoms with Crippen LogP contribution in [0.5, 0.6) is 0 Å². The first kappa shape index (κ1) is 20.3. The predicted octanol–water partition coefficient (Wildman–Crippen LogP) is 1.44. The van der Waals surface area contributed by atoms with Crippen molar-refractivity contribution >= 4 is 23.5 Å². The lowest BCUT2D eigenvalue weighted by Crippen LogP contribution is -3.18. The Balaban J connectivity index is 1.72. The normalized spacial score (nSPS) is 24.0. The van der Waals surface area contributed by atoms with Crippen molar-refractivity contribution in [3.8, 4) is 0 Å². The number of quaternary nitrogens is 1. The summed E-state index contributed by atoms with van der Waals surface area (Å²) < 4.78 is 9.47. The fourth-order valence-electron chi connectivity index (χ4n) is 4.67. The van der Waals surface area contributed by atoms with Crippen molar-refractivity contribution in [2.24, 2.45) is 5.92 Å². The van der Waals surface area contributed by atoms with E-state index in [0.29, 0.717) is 18.3 Å². The van der Waals surface area contributed by atoms with E-state index in [-0.39, 0.29) is 17.0 Å². The van der Waals surface area contributed by atoms with Crippen molar-refractivity contribution < 1.29 is 28.8 Å². The smallest absolute Gasteiger partial charge is 0.337 e. The number of amides is 1. The summed E-state index contributed by atoms with van der Waals surface area (Å²) in [5.74, 6) is -0.529. The number of esters is 2. The Morgan fingerprint density at radius 1 is 0.964 bits per heavy atom. The van der Waals surface area contributed by atoms with E-state index in [1.807, 2.05) is 0 Å². The van der Waals surface area contributed by atoms with E-state index in [1.54, 1.807) is 0 Å². The zero-order valence-electron chi connectivity index (χ0n) is 16.6. The summed E-state index contributed by atoms with van der Waals surface area (Å²) >= 11 is 0. The molecule has 1 aliphatic heterocycles. The van der Waals surface area contributed by atoms with E-state index in [0.717, 1.165) is 18.9 Å². The van der Waals surface area contributed by atoms with Gasteiger partial charge in [0.25, 0.3) is 5.91 Å². The van der Waals surface area contributed by atoms with Gasteiger partial charge < -0.3 is 19.7 Å². The zero-order chi connectivity index (χ0) is 20.1. The Hall–Kier alpha value is -2.41. The van der Waals surface area contributed by atoms with E-state index in [9.17, 15) is 14.4 Å². The van der Waals surface area contributed by atoms with Crippen LogP contribution >= 0.6 is 0 Å². The molecule has 2 aliphatic rings. The van der Waals surface area contributed by atoms with Gasteiger partial charge in [-0.15, -0.1) is 0 Å². The highest BCUT2D eigenvalue weighted by molar-refractivity contribution is 5.99. The summed E-state index contributed by atoms with van der Waals surface area (Å²) in [4.78, 5) is 37.8. The Bertz CT molecular complexity index is 712. The molecule has 1 aliphatic carbocycles. The van der Waals surface area contributed by atoms with E-state index in [1.165, 1.54) is 69.4 Å². The number of carbonyl (C=O) groups is 3. The Kier molecular flexibility index (Phi) is 6.67. The largest absolute Gasteiger partial charge is 0.465 e. The van der Waals surface area contributed by atoms with Gasteiger partial charge in [-0.2, -0.15) is 0 Å². The molecule has 0 spiro atoms. The monoisotopic (exact) mass is 389 g/mol. The summed E-state index contributed by atoms with van der Waals surface area (Å²) in [5, 5.41) is 2.85. The molecule has 28 heavy (non-hydrogen) atoms. The van der Waals surface area contributed by atoms with Crippen LogP contribution in [0.4, 0.5) is 5.69 Å². The Morgan fingerprint density at radius 2 is 1.57 bits per heavy atom. The molecular weight excluding hydrogens is 360 g/mol. The first-order valence-electron chi connectivity index (χ1n) is 9.98. The van der Waals surface area contributed by atoms with Crippen LogP contribution in [0.15, 0.2) is 18.2 Å².